The van der Waals surface area contributed by atoms with Gasteiger partial charge in [0, 0.05) is 22.1 Å². The molecule has 0 unspecified atom stereocenters. The van der Waals surface area contributed by atoms with Crippen molar-refractivity contribution in [2.24, 2.45) is 0 Å². The highest BCUT2D eigenvalue weighted by Crippen LogP contribution is 2.38. The van der Waals surface area contributed by atoms with Crippen molar-refractivity contribution in [3.05, 3.63) is 63.1 Å². The van der Waals surface area contributed by atoms with Crippen molar-refractivity contribution in [3.63, 3.8) is 0 Å². The van der Waals surface area contributed by atoms with Gasteiger partial charge in [-0.15, -0.1) is 0 Å². The molecule has 2 aromatic carbocycles. The van der Waals surface area contributed by atoms with E-state index in [2.05, 4.69) is 26.3 Å². The Morgan fingerprint density at radius 2 is 1.85 bits per heavy atom. The molecule has 0 spiro atoms. The van der Waals surface area contributed by atoms with Crippen LogP contribution < -0.4 is 5.32 Å². The first-order valence-corrected chi connectivity index (χ1v) is 9.00. The number of rotatable bonds is 2. The van der Waals surface area contributed by atoms with Crippen LogP contribution in [0.1, 0.15) is 11.1 Å². The van der Waals surface area contributed by atoms with E-state index in [1.54, 1.807) is 0 Å². The number of fused-ring (bicyclic) bond motifs is 1. The van der Waals surface area contributed by atoms with Crippen LogP contribution in [-0.2, 0) is 12.6 Å². The number of aromatic nitrogens is 2. The van der Waals surface area contributed by atoms with Gasteiger partial charge in [0.1, 0.15) is 5.82 Å². The number of hydrogen-bond donors (Lipinski definition) is 1. The summed E-state index contributed by atoms with van der Waals surface area (Å²) in [7, 11) is 0. The summed E-state index contributed by atoms with van der Waals surface area (Å²) >= 11 is 9.59. The molecule has 0 saturated heterocycles. The second-order valence-electron chi connectivity index (χ2n) is 5.94. The average Bonchev–Trinajstić information content (AvgIpc) is 3.18. The fourth-order valence-corrected chi connectivity index (χ4v) is 3.50. The van der Waals surface area contributed by atoms with Crippen LogP contribution in [0.4, 0.5) is 19.0 Å². The van der Waals surface area contributed by atoms with E-state index in [9.17, 15) is 13.2 Å². The van der Waals surface area contributed by atoms with E-state index in [1.807, 2.05) is 24.3 Å². The van der Waals surface area contributed by atoms with Crippen molar-refractivity contribution >= 4 is 33.3 Å². The number of anilines is 1. The molecule has 26 heavy (non-hydrogen) atoms. The molecular formula is C18H12BrClF3N3. The zero-order chi connectivity index (χ0) is 18.5. The Morgan fingerprint density at radius 3 is 2.54 bits per heavy atom. The minimum Gasteiger partial charge on any atom is -0.369 e. The van der Waals surface area contributed by atoms with Gasteiger partial charge in [-0.1, -0.05) is 39.7 Å². The Hall–Kier alpha value is -1.99. The van der Waals surface area contributed by atoms with Crippen LogP contribution >= 0.6 is 27.5 Å². The van der Waals surface area contributed by atoms with E-state index in [4.69, 9.17) is 11.6 Å². The summed E-state index contributed by atoms with van der Waals surface area (Å²) in [5.41, 5.74) is 2.06. The molecule has 8 heteroatoms. The van der Waals surface area contributed by atoms with E-state index in [0.29, 0.717) is 12.4 Å². The largest absolute Gasteiger partial charge is 0.416 e. The number of alkyl halides is 3. The van der Waals surface area contributed by atoms with E-state index in [-0.39, 0.29) is 10.7 Å². The summed E-state index contributed by atoms with van der Waals surface area (Å²) < 4.78 is 41.7. The lowest BCUT2D eigenvalue weighted by atomic mass is 10.1. The summed E-state index contributed by atoms with van der Waals surface area (Å²) in [6.07, 6.45) is -3.70. The molecular weight excluding hydrogens is 431 g/mol. The molecule has 134 valence electrons. The lowest BCUT2D eigenvalue weighted by Crippen LogP contribution is -2.09. The molecule has 0 radical (unpaired) electrons. The number of nitrogens with zero attached hydrogens (tertiary/aromatic N) is 2. The first-order chi connectivity index (χ1) is 12.3. The van der Waals surface area contributed by atoms with Gasteiger partial charge in [-0.25, -0.2) is 4.68 Å². The van der Waals surface area contributed by atoms with Gasteiger partial charge in [0.2, 0.25) is 0 Å². The number of nitrogens with one attached hydrogen (secondary N) is 1. The van der Waals surface area contributed by atoms with Gasteiger partial charge < -0.3 is 5.32 Å². The summed E-state index contributed by atoms with van der Waals surface area (Å²) in [4.78, 5) is 0. The Labute approximate surface area is 160 Å². The van der Waals surface area contributed by atoms with Crippen LogP contribution in [0.3, 0.4) is 0 Å². The van der Waals surface area contributed by atoms with Crippen molar-refractivity contribution in [1.29, 1.82) is 0 Å². The third-order valence-corrected chi connectivity index (χ3v) is 5.12. The zero-order valence-electron chi connectivity index (χ0n) is 13.2. The number of benzene rings is 2. The maximum Gasteiger partial charge on any atom is 0.416 e. The molecule has 1 aliphatic heterocycles. The Morgan fingerprint density at radius 1 is 1.12 bits per heavy atom. The van der Waals surface area contributed by atoms with Crippen LogP contribution in [0.2, 0.25) is 5.02 Å². The summed E-state index contributed by atoms with van der Waals surface area (Å²) in [5.74, 6) is 0.684. The minimum atomic E-state index is -4.45. The van der Waals surface area contributed by atoms with E-state index >= 15 is 0 Å². The molecule has 0 saturated carbocycles. The molecule has 0 bridgehead atoms. The van der Waals surface area contributed by atoms with Gasteiger partial charge in [-0.2, -0.15) is 18.3 Å². The summed E-state index contributed by atoms with van der Waals surface area (Å²) in [6, 6.07) is 10.9. The van der Waals surface area contributed by atoms with Crippen molar-refractivity contribution in [1.82, 2.24) is 9.78 Å². The smallest absolute Gasteiger partial charge is 0.369 e. The lowest BCUT2D eigenvalue weighted by Gasteiger charge is -2.12. The fourth-order valence-electron chi connectivity index (χ4n) is 3.04. The quantitative estimate of drug-likeness (QED) is 0.532. The standard InChI is InChI=1S/C18H12BrClF3N3/c19-12-4-1-10(2-5-12)16-13-7-8-24-17(13)26(25-16)15-9-11(18(21,22)23)3-6-14(15)20/h1-6,9,24H,7-8H2. The third kappa shape index (κ3) is 2.99. The molecule has 3 nitrogen and oxygen atoms in total. The third-order valence-electron chi connectivity index (χ3n) is 4.27. The van der Waals surface area contributed by atoms with Crippen LogP contribution in [0.15, 0.2) is 46.9 Å². The van der Waals surface area contributed by atoms with Gasteiger partial charge >= 0.3 is 6.18 Å². The van der Waals surface area contributed by atoms with Gasteiger partial charge in [0.05, 0.1) is 22.0 Å². The molecule has 2 heterocycles. The molecule has 1 aromatic heterocycles. The second-order valence-corrected chi connectivity index (χ2v) is 7.26. The van der Waals surface area contributed by atoms with Gasteiger partial charge in [-0.3, -0.25) is 0 Å². The number of hydrogen-bond acceptors (Lipinski definition) is 2. The second kappa shape index (κ2) is 6.32. The lowest BCUT2D eigenvalue weighted by molar-refractivity contribution is -0.137. The average molecular weight is 443 g/mol. The van der Waals surface area contributed by atoms with E-state index < -0.39 is 11.7 Å². The predicted octanol–water partition coefficient (Wildman–Crippen LogP) is 5.94. The van der Waals surface area contributed by atoms with Crippen molar-refractivity contribution in [2.45, 2.75) is 12.6 Å². The highest BCUT2D eigenvalue weighted by Gasteiger charge is 2.32. The van der Waals surface area contributed by atoms with Gasteiger partial charge in [-0.05, 0) is 36.8 Å². The fraction of sp³-hybridized carbons (Fsp3) is 0.167. The van der Waals surface area contributed by atoms with Crippen molar-refractivity contribution < 1.29 is 13.2 Å². The molecule has 0 aliphatic carbocycles. The van der Waals surface area contributed by atoms with Gasteiger partial charge in [0.15, 0.2) is 0 Å². The Bertz CT molecular complexity index is 981. The summed E-state index contributed by atoms with van der Waals surface area (Å²) in [5, 5.41) is 7.99. The first-order valence-electron chi connectivity index (χ1n) is 7.83. The molecule has 0 amide bonds. The monoisotopic (exact) mass is 441 g/mol. The van der Waals surface area contributed by atoms with Crippen LogP contribution in [0.5, 0.6) is 0 Å². The maximum atomic E-state index is 13.1. The van der Waals surface area contributed by atoms with Crippen LogP contribution in [-0.4, -0.2) is 16.3 Å². The van der Waals surface area contributed by atoms with Crippen LogP contribution in [0, 0.1) is 0 Å². The molecule has 4 rings (SSSR count). The SMILES string of the molecule is FC(F)(F)c1ccc(Cl)c(-n2nc(-c3ccc(Br)cc3)c3c2NCC3)c1. The highest BCUT2D eigenvalue weighted by molar-refractivity contribution is 9.10. The Balaban J connectivity index is 1.89. The summed E-state index contributed by atoms with van der Waals surface area (Å²) in [6.45, 7) is 0.702. The van der Waals surface area contributed by atoms with E-state index in [1.165, 1.54) is 10.7 Å². The molecule has 1 aliphatic rings. The molecule has 3 aromatic rings. The topological polar surface area (TPSA) is 29.9 Å². The van der Waals surface area contributed by atoms with Crippen LogP contribution in [0.25, 0.3) is 16.9 Å². The maximum absolute atomic E-state index is 13.1. The molecule has 0 atom stereocenters. The molecule has 0 fully saturated rings. The highest BCUT2D eigenvalue weighted by atomic mass is 79.9. The van der Waals surface area contributed by atoms with Gasteiger partial charge in [0.25, 0.3) is 0 Å². The normalized spacial score (nSPS) is 13.6. The van der Waals surface area contributed by atoms with Crippen molar-refractivity contribution in [2.75, 3.05) is 11.9 Å². The number of halogens is 5. The predicted molar refractivity (Wildman–Crippen MR) is 98.9 cm³/mol. The first kappa shape index (κ1) is 17.4. The molecule has 1 N–H and O–H groups in total. The minimum absolute atomic E-state index is 0.204. The zero-order valence-corrected chi connectivity index (χ0v) is 15.6. The van der Waals surface area contributed by atoms with Crippen molar-refractivity contribution in [3.8, 4) is 16.9 Å². The van der Waals surface area contributed by atoms with E-state index in [0.717, 1.165) is 39.8 Å². The Kier molecular flexibility index (Phi) is 4.23.